The fourth-order valence-electron chi connectivity index (χ4n) is 2.84. The number of hydrogen-bond donors (Lipinski definition) is 0. The molecular weight excluding hydrogens is 390 g/mol. The first kappa shape index (κ1) is 21.0. The fourth-order valence-corrected chi connectivity index (χ4v) is 2.84. The van der Waals surface area contributed by atoms with Crippen LogP contribution in [0.1, 0.15) is 42.6 Å². The maximum absolute atomic E-state index is 12.8. The molecule has 8 heteroatoms. The maximum Gasteiger partial charge on any atom is 0.347 e. The summed E-state index contributed by atoms with van der Waals surface area (Å²) in [6, 6.07) is 9.76. The first-order valence-corrected chi connectivity index (χ1v) is 9.61. The SMILES string of the molecule is CCCOc1cc(OCCC)c2cc(C(=O)c3ccc([N+](=O)[O-])cc3)c(=O)oc2c1. The van der Waals surface area contributed by atoms with Gasteiger partial charge in [0.25, 0.3) is 5.69 Å². The summed E-state index contributed by atoms with van der Waals surface area (Å²) < 4.78 is 16.8. The van der Waals surface area contributed by atoms with Crippen LogP contribution in [0.4, 0.5) is 5.69 Å². The van der Waals surface area contributed by atoms with Crippen LogP contribution in [-0.2, 0) is 0 Å². The minimum atomic E-state index is -0.806. The Balaban J connectivity index is 2.07. The predicted molar refractivity (Wildman–Crippen MR) is 111 cm³/mol. The molecule has 0 aliphatic rings. The molecule has 0 saturated carbocycles. The van der Waals surface area contributed by atoms with Crippen molar-refractivity contribution in [3.63, 3.8) is 0 Å². The summed E-state index contributed by atoms with van der Waals surface area (Å²) in [4.78, 5) is 35.6. The molecule has 0 aliphatic heterocycles. The minimum Gasteiger partial charge on any atom is -0.493 e. The van der Waals surface area contributed by atoms with Gasteiger partial charge in [0.15, 0.2) is 5.78 Å². The Bertz CT molecular complexity index is 1130. The Morgan fingerprint density at radius 2 is 1.70 bits per heavy atom. The molecular formula is C22H21NO7. The lowest BCUT2D eigenvalue weighted by Crippen LogP contribution is -2.15. The van der Waals surface area contributed by atoms with Gasteiger partial charge < -0.3 is 13.9 Å². The van der Waals surface area contributed by atoms with Crippen molar-refractivity contribution in [3.05, 3.63) is 74.1 Å². The van der Waals surface area contributed by atoms with Gasteiger partial charge in [-0.15, -0.1) is 0 Å². The van der Waals surface area contributed by atoms with E-state index in [0.29, 0.717) is 30.1 Å². The van der Waals surface area contributed by atoms with E-state index in [1.807, 2.05) is 13.8 Å². The van der Waals surface area contributed by atoms with Crippen molar-refractivity contribution >= 4 is 22.4 Å². The van der Waals surface area contributed by atoms with Gasteiger partial charge in [-0.2, -0.15) is 0 Å². The minimum absolute atomic E-state index is 0.145. The van der Waals surface area contributed by atoms with Crippen LogP contribution in [0.25, 0.3) is 11.0 Å². The van der Waals surface area contributed by atoms with E-state index < -0.39 is 16.3 Å². The number of ketones is 1. The number of nitro benzene ring substituents is 1. The standard InChI is InChI=1S/C22H21NO7/c1-3-9-28-16-11-19(29-10-4-2)17-13-18(22(25)30-20(17)12-16)21(24)14-5-7-15(8-6-14)23(26)27/h5-8,11-13H,3-4,9-10H2,1-2H3. The number of non-ortho nitro benzene ring substituents is 1. The van der Waals surface area contributed by atoms with E-state index in [0.717, 1.165) is 12.8 Å². The molecule has 0 unspecified atom stereocenters. The van der Waals surface area contributed by atoms with Gasteiger partial charge in [-0.3, -0.25) is 14.9 Å². The molecule has 1 aromatic heterocycles. The highest BCUT2D eigenvalue weighted by atomic mass is 16.6. The number of hydrogen-bond acceptors (Lipinski definition) is 7. The zero-order valence-electron chi connectivity index (χ0n) is 16.7. The van der Waals surface area contributed by atoms with Crippen molar-refractivity contribution in [1.29, 1.82) is 0 Å². The largest absolute Gasteiger partial charge is 0.493 e. The van der Waals surface area contributed by atoms with Crippen molar-refractivity contribution in [2.45, 2.75) is 26.7 Å². The second kappa shape index (κ2) is 9.21. The van der Waals surface area contributed by atoms with Crippen LogP contribution >= 0.6 is 0 Å². The van der Waals surface area contributed by atoms with Gasteiger partial charge in [-0.25, -0.2) is 4.79 Å². The Morgan fingerprint density at radius 1 is 1.03 bits per heavy atom. The van der Waals surface area contributed by atoms with E-state index in [9.17, 15) is 19.7 Å². The van der Waals surface area contributed by atoms with Gasteiger partial charge in [-0.05, 0) is 31.0 Å². The first-order chi connectivity index (χ1) is 14.4. The molecule has 0 atom stereocenters. The van der Waals surface area contributed by atoms with Crippen LogP contribution in [0.5, 0.6) is 11.5 Å². The molecule has 3 aromatic rings. The van der Waals surface area contributed by atoms with E-state index in [2.05, 4.69) is 0 Å². The van der Waals surface area contributed by atoms with E-state index in [-0.39, 0.29) is 22.4 Å². The molecule has 0 aliphatic carbocycles. The van der Waals surface area contributed by atoms with Crippen molar-refractivity contribution < 1.29 is 23.6 Å². The molecule has 0 saturated heterocycles. The van der Waals surface area contributed by atoms with E-state index in [1.54, 1.807) is 12.1 Å². The Hall–Kier alpha value is -3.68. The number of carbonyl (C=O) groups excluding carboxylic acids is 1. The van der Waals surface area contributed by atoms with Crippen molar-refractivity contribution in [1.82, 2.24) is 0 Å². The van der Waals surface area contributed by atoms with Crippen molar-refractivity contribution in [3.8, 4) is 11.5 Å². The summed E-state index contributed by atoms with van der Waals surface area (Å²) in [7, 11) is 0. The highest BCUT2D eigenvalue weighted by molar-refractivity contribution is 6.10. The highest BCUT2D eigenvalue weighted by Gasteiger charge is 2.19. The van der Waals surface area contributed by atoms with Crippen molar-refractivity contribution in [2.75, 3.05) is 13.2 Å². The predicted octanol–water partition coefficient (Wildman–Crippen LogP) is 4.51. The van der Waals surface area contributed by atoms with Gasteiger partial charge in [0.2, 0.25) is 0 Å². The molecule has 3 rings (SSSR count). The lowest BCUT2D eigenvalue weighted by atomic mass is 10.0. The molecule has 0 radical (unpaired) electrons. The summed E-state index contributed by atoms with van der Waals surface area (Å²) in [5.74, 6) is 0.364. The Kier molecular flexibility index (Phi) is 6.46. The molecule has 8 nitrogen and oxygen atoms in total. The summed E-state index contributed by atoms with van der Waals surface area (Å²) in [6.45, 7) is 4.88. The zero-order chi connectivity index (χ0) is 21.7. The van der Waals surface area contributed by atoms with Gasteiger partial charge in [0.05, 0.1) is 23.5 Å². The van der Waals surface area contributed by atoms with Crippen LogP contribution in [0.15, 0.2) is 51.7 Å². The quantitative estimate of drug-likeness (QED) is 0.220. The van der Waals surface area contributed by atoms with Crippen LogP contribution in [0.2, 0.25) is 0 Å². The van der Waals surface area contributed by atoms with E-state index >= 15 is 0 Å². The molecule has 0 amide bonds. The molecule has 2 aromatic carbocycles. The lowest BCUT2D eigenvalue weighted by Gasteiger charge is -2.12. The molecule has 0 spiro atoms. The summed E-state index contributed by atoms with van der Waals surface area (Å²) in [5, 5.41) is 11.3. The normalized spacial score (nSPS) is 10.7. The number of nitro groups is 1. The summed E-state index contributed by atoms with van der Waals surface area (Å²) >= 11 is 0. The van der Waals surface area contributed by atoms with Gasteiger partial charge in [0.1, 0.15) is 22.6 Å². The van der Waals surface area contributed by atoms with Crippen LogP contribution < -0.4 is 15.1 Å². The molecule has 30 heavy (non-hydrogen) atoms. The average molecular weight is 411 g/mol. The lowest BCUT2D eigenvalue weighted by molar-refractivity contribution is -0.384. The third-order valence-electron chi connectivity index (χ3n) is 4.31. The number of fused-ring (bicyclic) bond motifs is 1. The van der Waals surface area contributed by atoms with E-state index in [4.69, 9.17) is 13.9 Å². The van der Waals surface area contributed by atoms with Gasteiger partial charge in [0, 0.05) is 29.8 Å². The summed E-state index contributed by atoms with van der Waals surface area (Å²) in [6.07, 6.45) is 1.59. The Morgan fingerprint density at radius 3 is 2.33 bits per heavy atom. The Labute approximate surface area is 172 Å². The topological polar surface area (TPSA) is 109 Å². The van der Waals surface area contributed by atoms with Crippen LogP contribution in [-0.4, -0.2) is 23.9 Å². The maximum atomic E-state index is 12.8. The zero-order valence-corrected chi connectivity index (χ0v) is 16.7. The summed E-state index contributed by atoms with van der Waals surface area (Å²) in [5.41, 5.74) is -0.738. The third-order valence-corrected chi connectivity index (χ3v) is 4.31. The van der Waals surface area contributed by atoms with Crippen LogP contribution in [0.3, 0.4) is 0 Å². The average Bonchev–Trinajstić information content (AvgIpc) is 2.75. The molecule has 156 valence electrons. The number of benzene rings is 2. The number of carbonyl (C=O) groups is 1. The van der Waals surface area contributed by atoms with Crippen LogP contribution in [0, 0.1) is 10.1 Å². The number of ether oxygens (including phenoxy) is 2. The van der Waals surface area contributed by atoms with E-state index in [1.165, 1.54) is 30.3 Å². The highest BCUT2D eigenvalue weighted by Crippen LogP contribution is 2.32. The molecule has 0 fully saturated rings. The molecule has 1 heterocycles. The molecule has 0 N–H and O–H groups in total. The first-order valence-electron chi connectivity index (χ1n) is 9.61. The van der Waals surface area contributed by atoms with Crippen molar-refractivity contribution in [2.24, 2.45) is 0 Å². The number of nitrogens with zero attached hydrogens (tertiary/aromatic N) is 1. The van der Waals surface area contributed by atoms with Gasteiger partial charge in [-0.1, -0.05) is 13.8 Å². The van der Waals surface area contributed by atoms with Gasteiger partial charge >= 0.3 is 5.63 Å². The fraction of sp³-hybridized carbons (Fsp3) is 0.273. The number of rotatable bonds is 9. The second-order valence-electron chi connectivity index (χ2n) is 6.61. The monoisotopic (exact) mass is 411 g/mol. The second-order valence-corrected chi connectivity index (χ2v) is 6.61. The molecule has 0 bridgehead atoms. The third kappa shape index (κ3) is 4.48. The smallest absolute Gasteiger partial charge is 0.347 e.